The lowest BCUT2D eigenvalue weighted by molar-refractivity contribution is -0.133. The maximum absolute atomic E-state index is 12.2. The van der Waals surface area contributed by atoms with E-state index in [1.54, 1.807) is 14.2 Å². The van der Waals surface area contributed by atoms with Crippen LogP contribution >= 0.6 is 24.0 Å². The number of rotatable bonds is 7. The molecule has 1 amide bonds. The number of guanidine groups is 1. The van der Waals surface area contributed by atoms with Gasteiger partial charge in [-0.3, -0.25) is 9.79 Å². The molecule has 2 atom stereocenters. The van der Waals surface area contributed by atoms with Crippen LogP contribution in [0.5, 0.6) is 5.75 Å². The highest BCUT2D eigenvalue weighted by Gasteiger charge is 2.28. The molecule has 2 unspecified atom stereocenters. The second kappa shape index (κ2) is 12.2. The van der Waals surface area contributed by atoms with Crippen LogP contribution in [0, 0.1) is 5.92 Å². The number of amides is 1. The van der Waals surface area contributed by atoms with E-state index in [2.05, 4.69) is 40.7 Å². The largest absolute Gasteiger partial charge is 0.496 e. The molecule has 1 aliphatic rings. The maximum Gasteiger partial charge on any atom is 0.225 e. The van der Waals surface area contributed by atoms with E-state index in [1.807, 2.05) is 36.9 Å². The third-order valence-electron chi connectivity index (χ3n) is 5.14. The molecule has 8 heteroatoms. The Hall–Kier alpha value is -1.55. The minimum absolute atomic E-state index is 0. The zero-order valence-electron chi connectivity index (χ0n) is 18.4. The van der Waals surface area contributed by atoms with Crippen LogP contribution in [-0.4, -0.2) is 75.6 Å². The molecule has 1 aromatic carbocycles. The first-order valence-electron chi connectivity index (χ1n) is 9.92. The van der Waals surface area contributed by atoms with Crippen LogP contribution in [0.2, 0.25) is 0 Å². The molecule has 0 saturated carbocycles. The molecule has 1 aromatic rings. The van der Waals surface area contributed by atoms with Crippen LogP contribution in [-0.2, 0) is 4.79 Å². The van der Waals surface area contributed by atoms with Crippen molar-refractivity contribution in [3.8, 4) is 5.75 Å². The number of ether oxygens (including phenoxy) is 1. The summed E-state index contributed by atoms with van der Waals surface area (Å²) < 4.78 is 5.53. The molecule has 2 rings (SSSR count). The molecule has 0 aromatic heterocycles. The van der Waals surface area contributed by atoms with Crippen molar-refractivity contribution in [2.75, 3.05) is 47.9 Å². The van der Waals surface area contributed by atoms with Gasteiger partial charge in [0, 0.05) is 44.2 Å². The highest BCUT2D eigenvalue weighted by atomic mass is 127. The molecule has 164 valence electrons. The molecule has 1 aliphatic heterocycles. The Labute approximate surface area is 192 Å². The maximum atomic E-state index is 12.2. The Morgan fingerprint density at radius 3 is 2.62 bits per heavy atom. The molecule has 1 heterocycles. The summed E-state index contributed by atoms with van der Waals surface area (Å²) in [6.07, 6.45) is 0.933. The highest BCUT2D eigenvalue weighted by molar-refractivity contribution is 14.0. The predicted molar refractivity (Wildman–Crippen MR) is 129 cm³/mol. The molecule has 7 nitrogen and oxygen atoms in total. The summed E-state index contributed by atoms with van der Waals surface area (Å²) in [5, 5.41) is 6.89. The summed E-state index contributed by atoms with van der Waals surface area (Å²) in [7, 11) is 7.58. The van der Waals surface area contributed by atoms with Gasteiger partial charge < -0.3 is 25.2 Å². The van der Waals surface area contributed by atoms with Gasteiger partial charge in [0.05, 0.1) is 13.2 Å². The van der Waals surface area contributed by atoms with Crippen molar-refractivity contribution < 1.29 is 9.53 Å². The van der Waals surface area contributed by atoms with Crippen LogP contribution in [0.4, 0.5) is 0 Å². The number of carbonyl (C=O) groups excluding carboxylic acids is 1. The van der Waals surface area contributed by atoms with Gasteiger partial charge >= 0.3 is 0 Å². The first-order valence-corrected chi connectivity index (χ1v) is 9.92. The molecular formula is C21H36IN5O2. The Bertz CT molecular complexity index is 681. The topological polar surface area (TPSA) is 69.2 Å². The Morgan fingerprint density at radius 2 is 2.03 bits per heavy atom. The summed E-state index contributed by atoms with van der Waals surface area (Å²) in [5.74, 6) is 1.89. The van der Waals surface area contributed by atoms with Crippen molar-refractivity contribution in [2.45, 2.75) is 32.4 Å². The van der Waals surface area contributed by atoms with Crippen molar-refractivity contribution in [3.05, 3.63) is 29.8 Å². The summed E-state index contributed by atoms with van der Waals surface area (Å²) >= 11 is 0. The number of likely N-dealkylation sites (N-methyl/N-ethyl adjacent to an activating group) is 1. The van der Waals surface area contributed by atoms with Gasteiger partial charge in [0.15, 0.2) is 5.96 Å². The standard InChI is InChI=1S/C21H35N5O2.HI/c1-15(2)20(27)26-12-11-16(14-26)24-21(22-3)23-13-18(25(4)5)17-9-7-8-10-19(17)28-6;/h7-10,15-16,18H,11-14H2,1-6H3,(H2,22,23,24);1H. The molecule has 29 heavy (non-hydrogen) atoms. The quantitative estimate of drug-likeness (QED) is 0.330. The Balaban J connectivity index is 0.00000420. The van der Waals surface area contributed by atoms with Crippen LogP contribution in [0.1, 0.15) is 31.9 Å². The first-order chi connectivity index (χ1) is 13.4. The molecule has 1 saturated heterocycles. The lowest BCUT2D eigenvalue weighted by atomic mass is 10.0. The SMILES string of the molecule is CN=C(NCC(c1ccccc1OC)N(C)C)NC1CCN(C(=O)C(C)C)C1.I. The van der Waals surface area contributed by atoms with E-state index in [0.29, 0.717) is 6.54 Å². The molecule has 0 aliphatic carbocycles. The number of nitrogens with one attached hydrogen (secondary N) is 2. The lowest BCUT2D eigenvalue weighted by Crippen LogP contribution is -2.47. The monoisotopic (exact) mass is 517 g/mol. The van der Waals surface area contributed by atoms with E-state index < -0.39 is 0 Å². The van der Waals surface area contributed by atoms with E-state index in [-0.39, 0.29) is 47.9 Å². The molecular weight excluding hydrogens is 481 g/mol. The highest BCUT2D eigenvalue weighted by Crippen LogP contribution is 2.27. The molecule has 0 bridgehead atoms. The summed E-state index contributed by atoms with van der Waals surface area (Å²) in [4.78, 5) is 20.7. The van der Waals surface area contributed by atoms with Gasteiger partial charge in [-0.2, -0.15) is 0 Å². The van der Waals surface area contributed by atoms with Gasteiger partial charge in [-0.1, -0.05) is 32.0 Å². The van der Waals surface area contributed by atoms with E-state index in [1.165, 1.54) is 0 Å². The van der Waals surface area contributed by atoms with Gasteiger partial charge in [0.1, 0.15) is 5.75 Å². The minimum Gasteiger partial charge on any atom is -0.496 e. The molecule has 0 radical (unpaired) electrons. The first kappa shape index (κ1) is 25.5. The van der Waals surface area contributed by atoms with Crippen LogP contribution in [0.15, 0.2) is 29.3 Å². The van der Waals surface area contributed by atoms with Crippen LogP contribution in [0.3, 0.4) is 0 Å². The number of hydrogen-bond donors (Lipinski definition) is 2. The number of halogens is 1. The van der Waals surface area contributed by atoms with E-state index in [9.17, 15) is 4.79 Å². The van der Waals surface area contributed by atoms with Gasteiger partial charge in [-0.05, 0) is 26.6 Å². The number of methoxy groups -OCH3 is 1. The van der Waals surface area contributed by atoms with E-state index in [4.69, 9.17) is 4.74 Å². The van der Waals surface area contributed by atoms with Crippen molar-refractivity contribution in [1.29, 1.82) is 0 Å². The average molecular weight is 517 g/mol. The normalized spacial score (nSPS) is 17.9. The Morgan fingerprint density at radius 1 is 1.34 bits per heavy atom. The van der Waals surface area contributed by atoms with Gasteiger partial charge in [-0.25, -0.2) is 0 Å². The van der Waals surface area contributed by atoms with E-state index in [0.717, 1.165) is 36.8 Å². The predicted octanol–water partition coefficient (Wildman–Crippen LogP) is 2.34. The summed E-state index contributed by atoms with van der Waals surface area (Å²) in [6.45, 7) is 6.11. The summed E-state index contributed by atoms with van der Waals surface area (Å²) in [6, 6.07) is 8.44. The number of hydrogen-bond acceptors (Lipinski definition) is 4. The second-order valence-corrected chi connectivity index (χ2v) is 7.74. The number of para-hydroxylation sites is 1. The van der Waals surface area contributed by atoms with Gasteiger partial charge in [0.25, 0.3) is 0 Å². The van der Waals surface area contributed by atoms with Crippen molar-refractivity contribution in [3.63, 3.8) is 0 Å². The number of carbonyl (C=O) groups is 1. The minimum atomic E-state index is 0. The van der Waals surface area contributed by atoms with E-state index >= 15 is 0 Å². The number of benzene rings is 1. The van der Waals surface area contributed by atoms with Crippen molar-refractivity contribution in [2.24, 2.45) is 10.9 Å². The fourth-order valence-electron chi connectivity index (χ4n) is 3.54. The third kappa shape index (κ3) is 7.02. The summed E-state index contributed by atoms with van der Waals surface area (Å²) in [5.41, 5.74) is 1.13. The van der Waals surface area contributed by atoms with Crippen LogP contribution < -0.4 is 15.4 Å². The van der Waals surface area contributed by atoms with Crippen molar-refractivity contribution >= 4 is 35.8 Å². The smallest absolute Gasteiger partial charge is 0.225 e. The van der Waals surface area contributed by atoms with Crippen LogP contribution in [0.25, 0.3) is 0 Å². The lowest BCUT2D eigenvalue weighted by Gasteiger charge is -2.28. The molecule has 1 fully saturated rings. The molecule has 2 N–H and O–H groups in total. The number of likely N-dealkylation sites (tertiary alicyclic amines) is 1. The Kier molecular flexibility index (Phi) is 10.7. The van der Waals surface area contributed by atoms with Gasteiger partial charge in [0.2, 0.25) is 5.91 Å². The van der Waals surface area contributed by atoms with Gasteiger partial charge in [-0.15, -0.1) is 24.0 Å². The van der Waals surface area contributed by atoms with Crippen molar-refractivity contribution in [1.82, 2.24) is 20.4 Å². The fourth-order valence-corrected chi connectivity index (χ4v) is 3.54. The zero-order valence-corrected chi connectivity index (χ0v) is 20.8. The number of aliphatic imine (C=N–C) groups is 1. The third-order valence-corrected chi connectivity index (χ3v) is 5.14. The second-order valence-electron chi connectivity index (χ2n) is 7.74. The zero-order chi connectivity index (χ0) is 20.7. The average Bonchev–Trinajstić information content (AvgIpc) is 3.14. The number of nitrogens with zero attached hydrogens (tertiary/aromatic N) is 3. The molecule has 0 spiro atoms. The fraction of sp³-hybridized carbons (Fsp3) is 0.619.